The molecule has 0 bridgehead atoms. The molecule has 0 radical (unpaired) electrons. The van der Waals surface area contributed by atoms with Gasteiger partial charge in [0, 0.05) is 17.5 Å². The van der Waals surface area contributed by atoms with Crippen molar-refractivity contribution in [1.82, 2.24) is 0 Å². The molecule has 35 heavy (non-hydrogen) atoms. The lowest BCUT2D eigenvalue weighted by Gasteiger charge is -2.24. The molecule has 0 fully saturated rings. The summed E-state index contributed by atoms with van der Waals surface area (Å²) < 4.78 is 11.3. The number of carbonyl (C=O) groups excluding carboxylic acids is 2. The molecule has 0 N–H and O–H groups in total. The molecule has 0 spiro atoms. The first-order valence-electron chi connectivity index (χ1n) is 11.5. The summed E-state index contributed by atoms with van der Waals surface area (Å²) in [4.78, 5) is 25.4. The van der Waals surface area contributed by atoms with E-state index < -0.39 is 23.4 Å². The van der Waals surface area contributed by atoms with Gasteiger partial charge in [0.15, 0.2) is 0 Å². The Bertz CT molecular complexity index is 1370. The van der Waals surface area contributed by atoms with E-state index in [1.807, 2.05) is 72.8 Å². The minimum absolute atomic E-state index is 0.0955. The number of halogens is 1. The van der Waals surface area contributed by atoms with Crippen molar-refractivity contribution < 1.29 is 19.1 Å². The average molecular weight is 481 g/mol. The maximum absolute atomic E-state index is 13.5. The molecule has 6 rings (SSSR count). The van der Waals surface area contributed by atoms with E-state index >= 15 is 0 Å². The number of ether oxygens (including phenoxy) is 2. The third-order valence-corrected chi connectivity index (χ3v) is 7.08. The van der Waals surface area contributed by atoms with Gasteiger partial charge in [-0.15, -0.1) is 0 Å². The van der Waals surface area contributed by atoms with Gasteiger partial charge in [0.2, 0.25) is 6.10 Å². The van der Waals surface area contributed by atoms with Crippen LogP contribution in [-0.2, 0) is 14.3 Å². The first-order valence-corrected chi connectivity index (χ1v) is 11.9. The highest BCUT2D eigenvalue weighted by atomic mass is 35.5. The van der Waals surface area contributed by atoms with Crippen LogP contribution in [-0.4, -0.2) is 24.1 Å². The van der Waals surface area contributed by atoms with Crippen molar-refractivity contribution in [2.24, 2.45) is 0 Å². The average Bonchev–Trinajstić information content (AvgIpc) is 3.39. The van der Waals surface area contributed by atoms with Crippen LogP contribution in [0.1, 0.15) is 34.1 Å². The molecule has 0 heterocycles. The SMILES string of the molecule is O=C(Cl)O[C@H](C(=O)OCC1c2ccccc2-c2ccccc21)C1c2ccccc2-c2ccccc21. The molecule has 4 nitrogen and oxygen atoms in total. The molecular formula is C30H21ClO4. The fourth-order valence-electron chi connectivity index (χ4n) is 5.56. The fourth-order valence-corrected chi connectivity index (χ4v) is 5.66. The number of carbonyl (C=O) groups is 2. The Labute approximate surface area is 208 Å². The molecule has 0 unspecified atom stereocenters. The molecule has 1 atom stereocenters. The van der Waals surface area contributed by atoms with E-state index in [1.54, 1.807) is 0 Å². The van der Waals surface area contributed by atoms with Gasteiger partial charge in [0.05, 0.1) is 5.92 Å². The molecule has 172 valence electrons. The van der Waals surface area contributed by atoms with E-state index in [2.05, 4.69) is 24.3 Å². The Morgan fingerprint density at radius 1 is 0.657 bits per heavy atom. The zero-order valence-corrected chi connectivity index (χ0v) is 19.4. The monoisotopic (exact) mass is 480 g/mol. The second kappa shape index (κ2) is 8.71. The fraction of sp³-hybridized carbons (Fsp3) is 0.133. The molecule has 0 aliphatic heterocycles. The minimum Gasteiger partial charge on any atom is -0.462 e. The van der Waals surface area contributed by atoms with Crippen LogP contribution in [0.2, 0.25) is 0 Å². The predicted octanol–water partition coefficient (Wildman–Crippen LogP) is 6.90. The number of benzene rings is 4. The normalized spacial score (nSPS) is 14.4. The quantitative estimate of drug-likeness (QED) is 0.230. The van der Waals surface area contributed by atoms with Gasteiger partial charge in [-0.3, -0.25) is 0 Å². The lowest BCUT2D eigenvalue weighted by molar-refractivity contribution is -0.154. The molecule has 0 saturated heterocycles. The topological polar surface area (TPSA) is 52.6 Å². The third-order valence-electron chi connectivity index (χ3n) is 6.99. The number of esters is 1. The van der Waals surface area contributed by atoms with E-state index in [-0.39, 0.29) is 12.5 Å². The van der Waals surface area contributed by atoms with E-state index in [4.69, 9.17) is 21.1 Å². The summed E-state index contributed by atoms with van der Waals surface area (Å²) in [6.45, 7) is 0.138. The lowest BCUT2D eigenvalue weighted by atomic mass is 9.91. The second-order valence-electron chi connectivity index (χ2n) is 8.79. The Hall–Kier alpha value is -3.89. The first kappa shape index (κ1) is 21.6. The van der Waals surface area contributed by atoms with Crippen molar-refractivity contribution in [2.75, 3.05) is 6.61 Å². The van der Waals surface area contributed by atoms with Gasteiger partial charge in [-0.2, -0.15) is 0 Å². The highest BCUT2D eigenvalue weighted by molar-refractivity contribution is 6.61. The van der Waals surface area contributed by atoms with Crippen molar-refractivity contribution in [2.45, 2.75) is 17.9 Å². The van der Waals surface area contributed by atoms with Crippen LogP contribution >= 0.6 is 11.6 Å². The zero-order chi connectivity index (χ0) is 23.9. The van der Waals surface area contributed by atoms with Gasteiger partial charge in [-0.25, -0.2) is 9.59 Å². The van der Waals surface area contributed by atoms with Gasteiger partial charge < -0.3 is 9.47 Å². The summed E-state index contributed by atoms with van der Waals surface area (Å²) in [5.74, 6) is -1.21. The largest absolute Gasteiger partial charge is 0.462 e. The van der Waals surface area contributed by atoms with Crippen molar-refractivity contribution in [3.8, 4) is 22.3 Å². The van der Waals surface area contributed by atoms with Crippen molar-refractivity contribution in [3.05, 3.63) is 119 Å². The Balaban J connectivity index is 1.32. The van der Waals surface area contributed by atoms with Crippen molar-refractivity contribution in [3.63, 3.8) is 0 Å². The van der Waals surface area contributed by atoms with Crippen molar-refractivity contribution >= 4 is 23.0 Å². The molecule has 2 aliphatic rings. The first-order chi connectivity index (χ1) is 17.1. The van der Waals surface area contributed by atoms with Crippen LogP contribution in [0.15, 0.2) is 97.1 Å². The van der Waals surface area contributed by atoms with E-state index in [0.29, 0.717) is 0 Å². The molecule has 5 heteroatoms. The molecule has 0 amide bonds. The highest BCUT2D eigenvalue weighted by Gasteiger charge is 2.42. The number of rotatable bonds is 5. The Kier molecular flexibility index (Phi) is 5.39. The molecule has 4 aromatic carbocycles. The number of fused-ring (bicyclic) bond motifs is 6. The van der Waals surface area contributed by atoms with Crippen LogP contribution in [0.25, 0.3) is 22.3 Å². The van der Waals surface area contributed by atoms with Crippen LogP contribution in [0.4, 0.5) is 4.79 Å². The Morgan fingerprint density at radius 3 is 1.51 bits per heavy atom. The predicted molar refractivity (Wildman–Crippen MR) is 135 cm³/mol. The van der Waals surface area contributed by atoms with E-state index in [1.165, 1.54) is 0 Å². The van der Waals surface area contributed by atoms with E-state index in [9.17, 15) is 9.59 Å². The second-order valence-corrected chi connectivity index (χ2v) is 9.09. The molecular weight excluding hydrogens is 460 g/mol. The minimum atomic E-state index is -1.20. The lowest BCUT2D eigenvalue weighted by Crippen LogP contribution is -2.34. The van der Waals surface area contributed by atoms with Gasteiger partial charge in [-0.1, -0.05) is 97.1 Å². The summed E-state index contributed by atoms with van der Waals surface area (Å²) in [6.07, 6.45) is -1.20. The Morgan fingerprint density at radius 2 is 1.06 bits per heavy atom. The van der Waals surface area contributed by atoms with Crippen LogP contribution in [0.3, 0.4) is 0 Å². The summed E-state index contributed by atoms with van der Waals surface area (Å²) >= 11 is 5.64. The third kappa shape index (κ3) is 3.62. The summed E-state index contributed by atoms with van der Waals surface area (Å²) in [6, 6.07) is 31.9. The molecule has 4 aromatic rings. The van der Waals surface area contributed by atoms with Crippen LogP contribution in [0, 0.1) is 0 Å². The summed E-state index contributed by atoms with van der Waals surface area (Å²) in [5.41, 5.74) is 7.32. The molecule has 2 aliphatic carbocycles. The van der Waals surface area contributed by atoms with Crippen LogP contribution in [0.5, 0.6) is 0 Å². The van der Waals surface area contributed by atoms with Gasteiger partial charge in [-0.05, 0) is 44.5 Å². The standard InChI is InChI=1S/C30H21ClO4/c31-30(33)35-28(27-24-15-7-5-11-20(24)21-12-6-8-16-25(21)27)29(32)34-17-26-22-13-3-1-9-18(22)19-10-2-4-14-23(19)26/h1-16,26-28H,17H2/t28-/m0/s1. The van der Waals surface area contributed by atoms with Crippen molar-refractivity contribution in [1.29, 1.82) is 0 Å². The molecule has 0 saturated carbocycles. The summed E-state index contributed by atoms with van der Waals surface area (Å²) in [7, 11) is 0. The van der Waals surface area contributed by atoms with E-state index in [0.717, 1.165) is 44.5 Å². The van der Waals surface area contributed by atoms with Gasteiger partial charge in [0.25, 0.3) is 0 Å². The number of hydrogen-bond donors (Lipinski definition) is 0. The number of hydrogen-bond acceptors (Lipinski definition) is 4. The highest BCUT2D eigenvalue weighted by Crippen LogP contribution is 2.48. The maximum Gasteiger partial charge on any atom is 0.404 e. The smallest absolute Gasteiger partial charge is 0.404 e. The zero-order valence-electron chi connectivity index (χ0n) is 18.7. The molecule has 0 aromatic heterocycles. The summed E-state index contributed by atoms with van der Waals surface area (Å²) in [5, 5.41) is 0. The van der Waals surface area contributed by atoms with Gasteiger partial charge >= 0.3 is 11.4 Å². The van der Waals surface area contributed by atoms with Crippen LogP contribution < -0.4 is 0 Å². The maximum atomic E-state index is 13.5. The van der Waals surface area contributed by atoms with Gasteiger partial charge in [0.1, 0.15) is 6.61 Å².